The Bertz CT molecular complexity index is 1580. The lowest BCUT2D eigenvalue weighted by Gasteiger charge is -2.23. The number of hydrogen-bond donors (Lipinski definition) is 4. The molecule has 0 saturated carbocycles. The molecule has 0 saturated heterocycles. The zero-order chi connectivity index (χ0) is 28.5. The third-order valence-electron chi connectivity index (χ3n) is 5.77. The lowest BCUT2D eigenvalue weighted by molar-refractivity contribution is -0.123. The molecule has 2 amide bonds. The topological polar surface area (TPSA) is 147 Å². The number of anilines is 1. The number of nitrogens with zero attached hydrogens (tertiary/aromatic N) is 1. The summed E-state index contributed by atoms with van der Waals surface area (Å²) in [6.07, 6.45) is -0.137. The molecule has 4 N–H and O–H groups in total. The van der Waals surface area contributed by atoms with Crippen molar-refractivity contribution in [3.63, 3.8) is 0 Å². The molecular formula is C27H26N4O6S3. The number of thiophene rings is 1. The number of carbonyl (C=O) groups excluding carboxylic acids is 3. The molecule has 4 aromatic rings. The van der Waals surface area contributed by atoms with Gasteiger partial charge in [-0.05, 0) is 41.1 Å². The van der Waals surface area contributed by atoms with Crippen molar-refractivity contribution in [3.05, 3.63) is 94.3 Å². The first kappa shape index (κ1) is 29.0. The van der Waals surface area contributed by atoms with Crippen LogP contribution in [0.1, 0.15) is 22.9 Å². The number of aromatic nitrogens is 1. The highest BCUT2D eigenvalue weighted by Crippen LogP contribution is 2.31. The molecule has 2 heterocycles. The summed E-state index contributed by atoms with van der Waals surface area (Å²) < 4.78 is 28.0. The Kier molecular flexibility index (Phi) is 9.70. The van der Waals surface area contributed by atoms with Crippen LogP contribution in [0.25, 0.3) is 9.88 Å². The predicted molar refractivity (Wildman–Crippen MR) is 156 cm³/mol. The van der Waals surface area contributed by atoms with E-state index in [2.05, 4.69) is 15.4 Å². The maximum Gasteiger partial charge on any atom is 0.407 e. The van der Waals surface area contributed by atoms with Gasteiger partial charge in [-0.3, -0.25) is 14.1 Å². The van der Waals surface area contributed by atoms with E-state index in [1.165, 1.54) is 18.4 Å². The van der Waals surface area contributed by atoms with Crippen LogP contribution < -0.4 is 15.4 Å². The van der Waals surface area contributed by atoms with Crippen LogP contribution in [-0.4, -0.2) is 44.1 Å². The number of ether oxygens (including phenoxy) is 1. The zero-order valence-corrected chi connectivity index (χ0v) is 23.7. The third kappa shape index (κ3) is 8.01. The second-order valence-electron chi connectivity index (χ2n) is 8.61. The number of benzene rings is 2. The standard InChI is InChI=1S/C27H26N4O6S3/c1-37-27(34)30-22(15-18-6-3-2-4-7-18)25(33)28-21(23-16-39-26(29-23)24-8-5-13-38-24)14-19-9-11-20(12-10-19)31-40(35,36)17-32/h2-13,16,21-22H,14-15H2,1H3,(H,28,33)(H,30,34)(H2,31,35,36)/t21-,22+/m0/s1. The highest BCUT2D eigenvalue weighted by molar-refractivity contribution is 7.96. The van der Waals surface area contributed by atoms with Gasteiger partial charge in [0.15, 0.2) is 0 Å². The van der Waals surface area contributed by atoms with E-state index < -0.39 is 34.1 Å². The van der Waals surface area contributed by atoms with Crippen molar-refractivity contribution in [1.82, 2.24) is 15.6 Å². The third-order valence-corrected chi connectivity index (χ3v) is 8.40. The SMILES string of the molecule is COC(=O)N[C@H](Cc1ccccc1)C(=O)N[C@@H](Cc1ccc(NS(=O)(O)=C=O)cc1)c1csc(-c2cccs2)n1. The largest absolute Gasteiger partial charge is 0.453 e. The Morgan fingerprint density at radius 1 is 1.00 bits per heavy atom. The van der Waals surface area contributed by atoms with Crippen molar-refractivity contribution in [1.29, 1.82) is 0 Å². The van der Waals surface area contributed by atoms with Gasteiger partial charge in [-0.25, -0.2) is 18.8 Å². The first-order valence-electron chi connectivity index (χ1n) is 12.0. The van der Waals surface area contributed by atoms with Crippen LogP contribution >= 0.6 is 22.7 Å². The van der Waals surface area contributed by atoms with Crippen LogP contribution in [0.4, 0.5) is 10.5 Å². The summed E-state index contributed by atoms with van der Waals surface area (Å²) in [5.41, 5.74) is 2.57. The molecule has 0 aliphatic rings. The van der Waals surface area contributed by atoms with Gasteiger partial charge in [-0.2, -0.15) is 0 Å². The van der Waals surface area contributed by atoms with Crippen molar-refractivity contribution in [2.24, 2.45) is 0 Å². The average molecular weight is 599 g/mol. The summed E-state index contributed by atoms with van der Waals surface area (Å²) in [5.74, 6) is -0.412. The number of alkyl carbamates (subject to hydrolysis) is 1. The van der Waals surface area contributed by atoms with Crippen molar-refractivity contribution < 1.29 is 27.9 Å². The van der Waals surface area contributed by atoms with Gasteiger partial charge >= 0.3 is 6.09 Å². The molecule has 2 aromatic carbocycles. The van der Waals surface area contributed by atoms with E-state index in [1.807, 2.05) is 53.2 Å². The smallest absolute Gasteiger partial charge is 0.407 e. The zero-order valence-electron chi connectivity index (χ0n) is 21.2. The Balaban J connectivity index is 1.59. The summed E-state index contributed by atoms with van der Waals surface area (Å²) in [6, 6.07) is 18.3. The lowest BCUT2D eigenvalue weighted by atomic mass is 10.0. The van der Waals surface area contributed by atoms with Gasteiger partial charge in [-0.15, -0.1) is 22.7 Å². The Morgan fingerprint density at radius 2 is 1.73 bits per heavy atom. The minimum Gasteiger partial charge on any atom is -0.453 e. The van der Waals surface area contributed by atoms with Crippen molar-refractivity contribution in [3.8, 4) is 9.88 Å². The van der Waals surface area contributed by atoms with E-state index in [4.69, 9.17) is 9.72 Å². The van der Waals surface area contributed by atoms with E-state index in [0.717, 1.165) is 26.2 Å². The highest BCUT2D eigenvalue weighted by atomic mass is 32.2. The molecule has 2 aromatic heterocycles. The number of thiazole rings is 1. The van der Waals surface area contributed by atoms with Crippen LogP contribution in [0.5, 0.6) is 0 Å². The number of methoxy groups -OCH3 is 1. The van der Waals surface area contributed by atoms with Gasteiger partial charge in [-0.1, -0.05) is 48.5 Å². The molecule has 0 aliphatic carbocycles. The molecule has 0 spiro atoms. The molecule has 13 heteroatoms. The highest BCUT2D eigenvalue weighted by Gasteiger charge is 2.26. The Morgan fingerprint density at radius 3 is 2.38 bits per heavy atom. The second kappa shape index (κ2) is 13.4. The van der Waals surface area contributed by atoms with E-state index in [9.17, 15) is 23.1 Å². The van der Waals surface area contributed by atoms with E-state index in [1.54, 1.807) is 35.6 Å². The van der Waals surface area contributed by atoms with E-state index in [-0.39, 0.29) is 12.1 Å². The first-order chi connectivity index (χ1) is 19.3. The molecular weight excluding hydrogens is 573 g/mol. The lowest BCUT2D eigenvalue weighted by Crippen LogP contribution is -2.49. The minimum absolute atomic E-state index is 0.251. The Labute approximate surface area is 239 Å². The van der Waals surface area contributed by atoms with Crippen LogP contribution in [0.15, 0.2) is 77.5 Å². The summed E-state index contributed by atoms with van der Waals surface area (Å²) in [5, 5.41) is 11.4. The maximum atomic E-state index is 13.5. The number of carbonyl (C=O) groups is 2. The van der Waals surface area contributed by atoms with Crippen LogP contribution in [0.2, 0.25) is 0 Å². The average Bonchev–Trinajstić information content (AvgIpc) is 3.66. The number of rotatable bonds is 11. The number of nitrogens with one attached hydrogen (secondary N) is 3. The molecule has 0 fully saturated rings. The minimum atomic E-state index is -3.95. The maximum absolute atomic E-state index is 13.5. The van der Waals surface area contributed by atoms with E-state index in [0.29, 0.717) is 12.1 Å². The second-order valence-corrected chi connectivity index (χ2v) is 11.8. The van der Waals surface area contributed by atoms with Crippen molar-refractivity contribution >= 4 is 55.6 Å². The van der Waals surface area contributed by atoms with Crippen molar-refractivity contribution in [2.75, 3.05) is 11.8 Å². The van der Waals surface area contributed by atoms with Gasteiger partial charge < -0.3 is 15.4 Å². The molecule has 0 bridgehead atoms. The predicted octanol–water partition coefficient (Wildman–Crippen LogP) is 4.39. The van der Waals surface area contributed by atoms with Crippen LogP contribution in [0.3, 0.4) is 0 Å². The summed E-state index contributed by atoms with van der Waals surface area (Å²) in [7, 11) is -2.71. The van der Waals surface area contributed by atoms with Gasteiger partial charge in [0, 0.05) is 17.5 Å². The number of hydrogen-bond acceptors (Lipinski definition) is 8. The summed E-state index contributed by atoms with van der Waals surface area (Å²) in [4.78, 5) is 42.0. The molecule has 0 radical (unpaired) electrons. The monoisotopic (exact) mass is 598 g/mol. The fourth-order valence-electron chi connectivity index (χ4n) is 3.85. The van der Waals surface area contributed by atoms with Gasteiger partial charge in [0.05, 0.1) is 23.7 Å². The molecule has 0 aliphatic heterocycles. The molecule has 4 rings (SSSR count). The summed E-state index contributed by atoms with van der Waals surface area (Å²) in [6.45, 7) is 0. The van der Waals surface area contributed by atoms with Crippen molar-refractivity contribution in [2.45, 2.75) is 24.9 Å². The molecule has 40 heavy (non-hydrogen) atoms. The van der Waals surface area contributed by atoms with Crippen LogP contribution in [-0.2, 0) is 37.2 Å². The fourth-order valence-corrected chi connectivity index (χ4v) is 6.03. The molecule has 1 unspecified atom stereocenters. The van der Waals surface area contributed by atoms with E-state index >= 15 is 0 Å². The van der Waals surface area contributed by atoms with Gasteiger partial charge in [0.2, 0.25) is 21.1 Å². The number of amides is 2. The summed E-state index contributed by atoms with van der Waals surface area (Å²) >= 11 is 3.02. The Hall–Kier alpha value is -4.00. The van der Waals surface area contributed by atoms with Gasteiger partial charge in [0.25, 0.3) is 0 Å². The first-order valence-corrected chi connectivity index (χ1v) is 15.2. The van der Waals surface area contributed by atoms with Crippen LogP contribution in [0, 0.1) is 0 Å². The molecule has 208 valence electrons. The quantitative estimate of drug-likeness (QED) is 0.187. The normalized spacial score (nSPS) is 13.8. The molecule has 10 nitrogen and oxygen atoms in total. The fraction of sp³-hybridized carbons (Fsp3) is 0.185. The molecule has 3 atom stereocenters. The van der Waals surface area contributed by atoms with Gasteiger partial charge in [0.1, 0.15) is 11.0 Å².